The Morgan fingerprint density at radius 1 is 1.33 bits per heavy atom. The standard InChI is InChI=1S/C13H18ClN/c1-8(2)9(3)12-7-15-13-5-4-10(14)6-11(12)13/h4-6,8-9,12,15H,7H2,1-3H3. The van der Waals surface area contributed by atoms with Gasteiger partial charge >= 0.3 is 0 Å². The first-order valence-electron chi connectivity index (χ1n) is 5.63. The summed E-state index contributed by atoms with van der Waals surface area (Å²) in [7, 11) is 0. The largest absolute Gasteiger partial charge is 0.384 e. The van der Waals surface area contributed by atoms with Crippen LogP contribution in [0.1, 0.15) is 32.3 Å². The monoisotopic (exact) mass is 223 g/mol. The normalized spacial score (nSPS) is 21.3. The van der Waals surface area contributed by atoms with E-state index in [4.69, 9.17) is 11.6 Å². The molecule has 1 aromatic rings. The number of halogens is 1. The Morgan fingerprint density at radius 3 is 2.73 bits per heavy atom. The van der Waals surface area contributed by atoms with Gasteiger partial charge in [-0.05, 0) is 35.6 Å². The van der Waals surface area contributed by atoms with Crippen LogP contribution in [-0.4, -0.2) is 6.54 Å². The van der Waals surface area contributed by atoms with Crippen LogP contribution < -0.4 is 5.32 Å². The summed E-state index contributed by atoms with van der Waals surface area (Å²) in [6, 6.07) is 6.15. The molecule has 0 amide bonds. The lowest BCUT2D eigenvalue weighted by Crippen LogP contribution is -2.17. The van der Waals surface area contributed by atoms with Crippen molar-refractivity contribution >= 4 is 17.3 Å². The molecule has 2 rings (SSSR count). The van der Waals surface area contributed by atoms with E-state index < -0.39 is 0 Å². The highest BCUT2D eigenvalue weighted by atomic mass is 35.5. The molecule has 82 valence electrons. The first-order chi connectivity index (χ1) is 7.09. The molecule has 0 aliphatic carbocycles. The summed E-state index contributed by atoms with van der Waals surface area (Å²) in [4.78, 5) is 0. The third-order valence-corrected chi connectivity index (χ3v) is 3.85. The van der Waals surface area contributed by atoms with Crippen LogP contribution >= 0.6 is 11.6 Å². The minimum atomic E-state index is 0.610. The van der Waals surface area contributed by atoms with E-state index in [1.54, 1.807) is 0 Å². The minimum absolute atomic E-state index is 0.610. The van der Waals surface area contributed by atoms with E-state index in [1.807, 2.05) is 6.07 Å². The van der Waals surface area contributed by atoms with Crippen molar-refractivity contribution in [2.45, 2.75) is 26.7 Å². The zero-order valence-electron chi connectivity index (χ0n) is 9.55. The van der Waals surface area contributed by atoms with Gasteiger partial charge in [-0.2, -0.15) is 0 Å². The lowest BCUT2D eigenvalue weighted by atomic mass is 9.82. The predicted octanol–water partition coefficient (Wildman–Crippen LogP) is 4.14. The van der Waals surface area contributed by atoms with Gasteiger partial charge in [0.2, 0.25) is 0 Å². The number of hydrogen-bond donors (Lipinski definition) is 1. The molecule has 1 aliphatic rings. The summed E-state index contributed by atoms with van der Waals surface area (Å²) < 4.78 is 0. The van der Waals surface area contributed by atoms with Gasteiger partial charge in [-0.15, -0.1) is 0 Å². The van der Waals surface area contributed by atoms with Crippen LogP contribution in [0.3, 0.4) is 0 Å². The Hall–Kier alpha value is -0.690. The fourth-order valence-electron chi connectivity index (χ4n) is 2.26. The van der Waals surface area contributed by atoms with E-state index >= 15 is 0 Å². The second-order valence-corrected chi connectivity index (χ2v) is 5.26. The summed E-state index contributed by atoms with van der Waals surface area (Å²) in [6.07, 6.45) is 0. The minimum Gasteiger partial charge on any atom is -0.384 e. The van der Waals surface area contributed by atoms with Crippen molar-refractivity contribution in [2.24, 2.45) is 11.8 Å². The van der Waals surface area contributed by atoms with Gasteiger partial charge in [0.15, 0.2) is 0 Å². The quantitative estimate of drug-likeness (QED) is 0.795. The molecule has 1 heterocycles. The number of nitrogens with one attached hydrogen (secondary N) is 1. The zero-order chi connectivity index (χ0) is 11.0. The van der Waals surface area contributed by atoms with Gasteiger partial charge in [-0.25, -0.2) is 0 Å². The van der Waals surface area contributed by atoms with Crippen molar-refractivity contribution in [3.05, 3.63) is 28.8 Å². The fourth-order valence-corrected chi connectivity index (χ4v) is 2.45. The van der Waals surface area contributed by atoms with E-state index in [9.17, 15) is 0 Å². The zero-order valence-corrected chi connectivity index (χ0v) is 10.3. The maximum atomic E-state index is 6.05. The smallest absolute Gasteiger partial charge is 0.0410 e. The molecule has 1 nitrogen and oxygen atoms in total. The third-order valence-electron chi connectivity index (χ3n) is 3.61. The summed E-state index contributed by atoms with van der Waals surface area (Å²) in [5.41, 5.74) is 2.65. The fraction of sp³-hybridized carbons (Fsp3) is 0.538. The molecule has 2 atom stereocenters. The van der Waals surface area contributed by atoms with Gasteiger partial charge in [0.05, 0.1) is 0 Å². The molecule has 0 aromatic heterocycles. The van der Waals surface area contributed by atoms with Crippen molar-refractivity contribution in [1.29, 1.82) is 0 Å². The Kier molecular flexibility index (Phi) is 2.92. The number of hydrogen-bond acceptors (Lipinski definition) is 1. The highest BCUT2D eigenvalue weighted by Gasteiger charge is 2.28. The highest BCUT2D eigenvalue weighted by Crippen LogP contribution is 2.40. The van der Waals surface area contributed by atoms with Crippen molar-refractivity contribution in [1.82, 2.24) is 0 Å². The SMILES string of the molecule is CC(C)C(C)C1CNc2ccc(Cl)cc21. The predicted molar refractivity (Wildman–Crippen MR) is 66.7 cm³/mol. The Morgan fingerprint density at radius 2 is 2.07 bits per heavy atom. The molecular weight excluding hydrogens is 206 g/mol. The van der Waals surface area contributed by atoms with Crippen molar-refractivity contribution in [3.63, 3.8) is 0 Å². The van der Waals surface area contributed by atoms with Gasteiger partial charge < -0.3 is 5.32 Å². The molecule has 2 heteroatoms. The van der Waals surface area contributed by atoms with Gasteiger partial charge in [-0.3, -0.25) is 0 Å². The molecule has 15 heavy (non-hydrogen) atoms. The molecule has 1 aromatic carbocycles. The Labute approximate surface area is 96.8 Å². The maximum Gasteiger partial charge on any atom is 0.0410 e. The van der Waals surface area contributed by atoms with Crippen LogP contribution in [0.15, 0.2) is 18.2 Å². The van der Waals surface area contributed by atoms with E-state index in [0.717, 1.165) is 11.6 Å². The maximum absolute atomic E-state index is 6.05. The van der Waals surface area contributed by atoms with E-state index in [0.29, 0.717) is 17.8 Å². The first-order valence-corrected chi connectivity index (χ1v) is 6.00. The number of benzene rings is 1. The van der Waals surface area contributed by atoms with Crippen LogP contribution in [0.4, 0.5) is 5.69 Å². The number of anilines is 1. The van der Waals surface area contributed by atoms with E-state index in [1.165, 1.54) is 11.3 Å². The second kappa shape index (κ2) is 4.05. The first kappa shape index (κ1) is 10.8. The molecule has 0 saturated carbocycles. The number of rotatable bonds is 2. The van der Waals surface area contributed by atoms with Gasteiger partial charge in [0.1, 0.15) is 0 Å². The van der Waals surface area contributed by atoms with Crippen LogP contribution in [0.25, 0.3) is 0 Å². The summed E-state index contributed by atoms with van der Waals surface area (Å²) in [6.45, 7) is 7.95. The average molecular weight is 224 g/mol. The molecule has 0 saturated heterocycles. The van der Waals surface area contributed by atoms with Crippen molar-refractivity contribution in [2.75, 3.05) is 11.9 Å². The van der Waals surface area contributed by atoms with Gasteiger partial charge in [0.25, 0.3) is 0 Å². The van der Waals surface area contributed by atoms with Crippen LogP contribution in [0.2, 0.25) is 5.02 Å². The average Bonchev–Trinajstić information content (AvgIpc) is 2.59. The van der Waals surface area contributed by atoms with Crippen LogP contribution in [0.5, 0.6) is 0 Å². The Balaban J connectivity index is 2.31. The highest BCUT2D eigenvalue weighted by molar-refractivity contribution is 6.30. The summed E-state index contributed by atoms with van der Waals surface area (Å²) in [5, 5.41) is 4.30. The summed E-state index contributed by atoms with van der Waals surface area (Å²) >= 11 is 6.05. The van der Waals surface area contributed by atoms with Gasteiger partial charge in [0, 0.05) is 23.2 Å². The van der Waals surface area contributed by atoms with E-state index in [-0.39, 0.29) is 0 Å². The van der Waals surface area contributed by atoms with Crippen molar-refractivity contribution < 1.29 is 0 Å². The molecule has 0 spiro atoms. The molecule has 0 radical (unpaired) electrons. The Bertz CT molecular complexity index is 360. The third kappa shape index (κ3) is 1.98. The van der Waals surface area contributed by atoms with Crippen LogP contribution in [0, 0.1) is 11.8 Å². The van der Waals surface area contributed by atoms with E-state index in [2.05, 4.69) is 38.2 Å². The molecular formula is C13H18ClN. The van der Waals surface area contributed by atoms with Crippen LogP contribution in [-0.2, 0) is 0 Å². The summed E-state index contributed by atoms with van der Waals surface area (Å²) in [5.74, 6) is 2.01. The van der Waals surface area contributed by atoms with Crippen molar-refractivity contribution in [3.8, 4) is 0 Å². The molecule has 0 bridgehead atoms. The number of fused-ring (bicyclic) bond motifs is 1. The molecule has 1 N–H and O–H groups in total. The lowest BCUT2D eigenvalue weighted by Gasteiger charge is -2.22. The van der Waals surface area contributed by atoms with Gasteiger partial charge in [-0.1, -0.05) is 32.4 Å². The molecule has 0 fully saturated rings. The topological polar surface area (TPSA) is 12.0 Å². The lowest BCUT2D eigenvalue weighted by molar-refractivity contribution is 0.362. The molecule has 2 unspecified atom stereocenters. The molecule has 1 aliphatic heterocycles. The second-order valence-electron chi connectivity index (χ2n) is 4.82.